The number of rotatable bonds is 7. The van der Waals surface area contributed by atoms with Gasteiger partial charge in [-0.05, 0) is 37.0 Å². The number of benzene rings is 1. The topological polar surface area (TPSA) is 63.1 Å². The number of hydrogen-bond donors (Lipinski definition) is 1. The molecule has 0 fully saturated rings. The monoisotopic (exact) mass is 308 g/mol. The van der Waals surface area contributed by atoms with Crippen molar-refractivity contribution in [2.24, 2.45) is 0 Å². The first-order valence-corrected chi connectivity index (χ1v) is 8.09. The number of aliphatic carboxylic acids is 1. The summed E-state index contributed by atoms with van der Waals surface area (Å²) in [5.41, 5.74) is 3.21. The zero-order valence-electron chi connectivity index (χ0n) is 13.0. The van der Waals surface area contributed by atoms with Gasteiger partial charge in [0.05, 0.1) is 11.0 Å². The highest BCUT2D eigenvalue weighted by molar-refractivity contribution is 6.03. The van der Waals surface area contributed by atoms with E-state index in [1.165, 1.54) is 10.9 Å². The van der Waals surface area contributed by atoms with Gasteiger partial charge in [0.15, 0.2) is 0 Å². The third-order valence-electron chi connectivity index (χ3n) is 4.16. The highest BCUT2D eigenvalue weighted by atomic mass is 16.4. The number of carboxylic acids is 1. The van der Waals surface area contributed by atoms with Crippen molar-refractivity contribution in [3.8, 4) is 0 Å². The molecule has 2 aromatic heterocycles. The van der Waals surface area contributed by atoms with Gasteiger partial charge in [-0.15, -0.1) is 0 Å². The van der Waals surface area contributed by atoms with Crippen molar-refractivity contribution in [2.75, 3.05) is 0 Å². The Labute approximate surface area is 135 Å². The lowest BCUT2D eigenvalue weighted by atomic mass is 10.0. The molecule has 0 radical (unpaired) electrons. The van der Waals surface area contributed by atoms with Crippen LogP contribution < -0.4 is 0 Å². The number of hydrogen-bond acceptors (Lipinski definition) is 3. The smallest absolute Gasteiger partial charge is 0.303 e. The van der Waals surface area contributed by atoms with Gasteiger partial charge in [-0.25, -0.2) is 0 Å². The molecule has 3 aromatic rings. The zero-order chi connectivity index (χ0) is 16.1. The van der Waals surface area contributed by atoms with Gasteiger partial charge < -0.3 is 5.11 Å². The van der Waals surface area contributed by atoms with Crippen LogP contribution in [0, 0.1) is 0 Å². The summed E-state index contributed by atoms with van der Waals surface area (Å²) in [4.78, 5) is 19.5. The van der Waals surface area contributed by atoms with Crippen molar-refractivity contribution in [3.63, 3.8) is 0 Å². The van der Waals surface area contributed by atoms with Gasteiger partial charge in [0.2, 0.25) is 0 Å². The van der Waals surface area contributed by atoms with Crippen LogP contribution in [0.15, 0.2) is 42.7 Å². The molecule has 0 saturated heterocycles. The van der Waals surface area contributed by atoms with Gasteiger partial charge >= 0.3 is 5.97 Å². The first-order chi connectivity index (χ1) is 11.3. The second-order valence-electron chi connectivity index (χ2n) is 5.81. The normalized spacial score (nSPS) is 11.1. The molecule has 0 aliphatic rings. The molecular formula is C19H20N2O2. The molecule has 0 bridgehead atoms. The van der Waals surface area contributed by atoms with E-state index < -0.39 is 5.97 Å². The van der Waals surface area contributed by atoms with Gasteiger partial charge in [-0.2, -0.15) is 0 Å². The summed E-state index contributed by atoms with van der Waals surface area (Å²) in [5, 5.41) is 10.9. The van der Waals surface area contributed by atoms with Crippen molar-refractivity contribution in [2.45, 2.75) is 38.5 Å². The van der Waals surface area contributed by atoms with Gasteiger partial charge in [-0.1, -0.05) is 31.0 Å². The molecule has 0 amide bonds. The Kier molecular flexibility index (Phi) is 4.81. The van der Waals surface area contributed by atoms with Crippen molar-refractivity contribution < 1.29 is 9.90 Å². The molecule has 0 saturated carbocycles. The minimum atomic E-state index is -0.704. The molecule has 4 nitrogen and oxygen atoms in total. The molecule has 1 N–H and O–H groups in total. The SMILES string of the molecule is O=C(O)CCCCCCc1ccnc2c1ccc1cccnc12. The second kappa shape index (κ2) is 7.18. The van der Waals surface area contributed by atoms with Crippen LogP contribution in [0.1, 0.15) is 37.7 Å². The molecule has 0 unspecified atom stereocenters. The van der Waals surface area contributed by atoms with Crippen LogP contribution in [0.5, 0.6) is 0 Å². The highest BCUT2D eigenvalue weighted by Gasteiger charge is 2.06. The van der Waals surface area contributed by atoms with Gasteiger partial charge in [-0.3, -0.25) is 14.8 Å². The lowest BCUT2D eigenvalue weighted by Gasteiger charge is -2.08. The molecule has 0 aliphatic heterocycles. The van der Waals surface area contributed by atoms with Crippen LogP contribution >= 0.6 is 0 Å². The quantitative estimate of drug-likeness (QED) is 0.520. The Bertz CT molecular complexity index is 830. The summed E-state index contributed by atoms with van der Waals surface area (Å²) in [6.45, 7) is 0. The van der Waals surface area contributed by atoms with Gasteiger partial charge in [0.1, 0.15) is 0 Å². The Balaban J connectivity index is 1.72. The van der Waals surface area contributed by atoms with E-state index in [0.29, 0.717) is 0 Å². The Morgan fingerprint density at radius 2 is 1.74 bits per heavy atom. The first kappa shape index (κ1) is 15.4. The van der Waals surface area contributed by atoms with E-state index in [9.17, 15) is 4.79 Å². The van der Waals surface area contributed by atoms with Gasteiger partial charge in [0, 0.05) is 29.6 Å². The zero-order valence-corrected chi connectivity index (χ0v) is 13.0. The average molecular weight is 308 g/mol. The number of aryl methyl sites for hydroxylation is 1. The summed E-state index contributed by atoms with van der Waals surface area (Å²) < 4.78 is 0. The lowest BCUT2D eigenvalue weighted by molar-refractivity contribution is -0.137. The number of aromatic nitrogens is 2. The van der Waals surface area contributed by atoms with Crippen molar-refractivity contribution in [1.82, 2.24) is 9.97 Å². The van der Waals surface area contributed by atoms with Crippen molar-refractivity contribution in [1.29, 1.82) is 0 Å². The van der Waals surface area contributed by atoms with E-state index in [1.54, 1.807) is 6.20 Å². The van der Waals surface area contributed by atoms with Crippen LogP contribution in [-0.4, -0.2) is 21.0 Å². The number of carboxylic acid groups (broad SMARTS) is 1. The van der Waals surface area contributed by atoms with E-state index >= 15 is 0 Å². The van der Waals surface area contributed by atoms with E-state index in [0.717, 1.165) is 48.5 Å². The lowest BCUT2D eigenvalue weighted by Crippen LogP contribution is -1.94. The van der Waals surface area contributed by atoms with E-state index in [4.69, 9.17) is 5.11 Å². The standard InChI is InChI=1S/C19H20N2O2/c22-17(23)8-4-2-1-3-6-14-11-13-21-19-16(14)10-9-15-7-5-12-20-18(15)19/h5,7,9-13H,1-4,6,8H2,(H,22,23). The molecule has 1 aromatic carbocycles. The van der Waals surface area contributed by atoms with Crippen LogP contribution in [0.3, 0.4) is 0 Å². The third-order valence-corrected chi connectivity index (χ3v) is 4.16. The number of fused-ring (bicyclic) bond motifs is 3. The number of carbonyl (C=O) groups is 1. The molecule has 3 rings (SSSR count). The molecule has 2 heterocycles. The largest absolute Gasteiger partial charge is 0.481 e. The van der Waals surface area contributed by atoms with Crippen LogP contribution in [0.2, 0.25) is 0 Å². The van der Waals surface area contributed by atoms with Crippen molar-refractivity contribution >= 4 is 27.8 Å². The minimum Gasteiger partial charge on any atom is -0.481 e. The Morgan fingerprint density at radius 3 is 2.61 bits per heavy atom. The Morgan fingerprint density at radius 1 is 0.913 bits per heavy atom. The molecule has 0 aliphatic carbocycles. The predicted molar refractivity (Wildman–Crippen MR) is 91.5 cm³/mol. The van der Waals surface area contributed by atoms with Crippen LogP contribution in [0.25, 0.3) is 21.8 Å². The predicted octanol–water partition coefficient (Wildman–Crippen LogP) is 4.36. The highest BCUT2D eigenvalue weighted by Crippen LogP contribution is 2.25. The maximum Gasteiger partial charge on any atom is 0.303 e. The number of pyridine rings is 2. The van der Waals surface area contributed by atoms with Crippen LogP contribution in [-0.2, 0) is 11.2 Å². The summed E-state index contributed by atoms with van der Waals surface area (Å²) in [5.74, 6) is -0.704. The molecule has 23 heavy (non-hydrogen) atoms. The second-order valence-corrected chi connectivity index (χ2v) is 5.81. The Hall–Kier alpha value is -2.49. The minimum absolute atomic E-state index is 0.274. The van der Waals surface area contributed by atoms with E-state index in [2.05, 4.69) is 34.2 Å². The summed E-state index contributed by atoms with van der Waals surface area (Å²) in [6.07, 6.45) is 8.79. The molecule has 0 spiro atoms. The third kappa shape index (κ3) is 3.65. The fraction of sp³-hybridized carbons (Fsp3) is 0.316. The van der Waals surface area contributed by atoms with Crippen LogP contribution in [0.4, 0.5) is 0 Å². The van der Waals surface area contributed by atoms with E-state index in [1.807, 2.05) is 12.3 Å². The molecular weight excluding hydrogens is 288 g/mol. The van der Waals surface area contributed by atoms with E-state index in [-0.39, 0.29) is 6.42 Å². The molecule has 0 atom stereocenters. The fourth-order valence-corrected chi connectivity index (χ4v) is 2.97. The van der Waals surface area contributed by atoms with Crippen molar-refractivity contribution in [3.05, 3.63) is 48.3 Å². The summed E-state index contributed by atoms with van der Waals surface area (Å²) >= 11 is 0. The maximum atomic E-state index is 10.5. The summed E-state index contributed by atoms with van der Waals surface area (Å²) in [7, 11) is 0. The number of unbranched alkanes of at least 4 members (excludes halogenated alkanes) is 3. The summed E-state index contributed by atoms with van der Waals surface area (Å²) in [6, 6.07) is 10.3. The molecule has 118 valence electrons. The first-order valence-electron chi connectivity index (χ1n) is 8.09. The van der Waals surface area contributed by atoms with Gasteiger partial charge in [0.25, 0.3) is 0 Å². The molecule has 4 heteroatoms. The average Bonchev–Trinajstić information content (AvgIpc) is 2.57. The fourth-order valence-electron chi connectivity index (χ4n) is 2.97. The number of nitrogens with zero attached hydrogens (tertiary/aromatic N) is 2. The maximum absolute atomic E-state index is 10.5.